The third kappa shape index (κ3) is 3.44. The van der Waals surface area contributed by atoms with Gasteiger partial charge in [0.2, 0.25) is 0 Å². The molecule has 1 aliphatic heterocycles. The molecule has 3 nitrogen and oxygen atoms in total. The quantitative estimate of drug-likeness (QED) is 0.751. The Morgan fingerprint density at radius 1 is 1.31 bits per heavy atom. The van der Waals surface area contributed by atoms with Crippen LogP contribution in [0.1, 0.15) is 40.0 Å². The second kappa shape index (κ2) is 7.25. The van der Waals surface area contributed by atoms with Gasteiger partial charge in [0.15, 0.2) is 0 Å². The van der Waals surface area contributed by atoms with E-state index >= 15 is 0 Å². The molecule has 1 saturated heterocycles. The first kappa shape index (κ1) is 13.9. The van der Waals surface area contributed by atoms with Gasteiger partial charge in [0.05, 0.1) is 6.61 Å². The van der Waals surface area contributed by atoms with E-state index in [9.17, 15) is 0 Å². The van der Waals surface area contributed by atoms with Crippen molar-refractivity contribution in [2.45, 2.75) is 58.2 Å². The van der Waals surface area contributed by atoms with Gasteiger partial charge in [0, 0.05) is 38.3 Å². The molecule has 0 spiro atoms. The normalized spacial score (nSPS) is 29.2. The highest BCUT2D eigenvalue weighted by Crippen LogP contribution is 2.17. The Balaban J connectivity index is 2.61. The Labute approximate surface area is 101 Å². The van der Waals surface area contributed by atoms with Crippen LogP contribution in [0.4, 0.5) is 0 Å². The largest absolute Gasteiger partial charge is 0.383 e. The molecular formula is C13H28N2O. The van der Waals surface area contributed by atoms with Crippen molar-refractivity contribution in [2.24, 2.45) is 0 Å². The summed E-state index contributed by atoms with van der Waals surface area (Å²) in [5, 5.41) is 3.64. The third-order valence-electron chi connectivity index (χ3n) is 3.81. The number of hydrogen-bond acceptors (Lipinski definition) is 3. The maximum absolute atomic E-state index is 5.35. The first-order chi connectivity index (χ1) is 7.76. The minimum atomic E-state index is 0.589. The predicted octanol–water partition coefficient (Wildman–Crippen LogP) is 1.87. The highest BCUT2D eigenvalue weighted by atomic mass is 16.5. The number of nitrogens with one attached hydrogen (secondary N) is 1. The molecule has 1 fully saturated rings. The molecular weight excluding hydrogens is 200 g/mol. The summed E-state index contributed by atoms with van der Waals surface area (Å²) < 4.78 is 5.35. The van der Waals surface area contributed by atoms with Gasteiger partial charge >= 0.3 is 0 Å². The van der Waals surface area contributed by atoms with Crippen molar-refractivity contribution in [3.05, 3.63) is 0 Å². The van der Waals surface area contributed by atoms with Crippen LogP contribution in [-0.2, 0) is 4.74 Å². The van der Waals surface area contributed by atoms with E-state index in [0.717, 1.165) is 13.2 Å². The molecule has 0 saturated carbocycles. The number of ether oxygens (including phenoxy) is 1. The molecule has 3 atom stereocenters. The average Bonchev–Trinajstić information content (AvgIpc) is 2.35. The van der Waals surface area contributed by atoms with Crippen molar-refractivity contribution in [3.8, 4) is 0 Å². The number of nitrogens with zero attached hydrogens (tertiary/aromatic N) is 1. The van der Waals surface area contributed by atoms with Gasteiger partial charge in [0.25, 0.3) is 0 Å². The summed E-state index contributed by atoms with van der Waals surface area (Å²) in [4.78, 5) is 2.66. The number of rotatable bonds is 6. The van der Waals surface area contributed by atoms with Crippen LogP contribution < -0.4 is 5.32 Å². The zero-order valence-corrected chi connectivity index (χ0v) is 11.3. The topological polar surface area (TPSA) is 24.5 Å². The second-order valence-corrected chi connectivity index (χ2v) is 4.79. The molecule has 1 rings (SSSR count). The fourth-order valence-electron chi connectivity index (χ4n) is 2.63. The van der Waals surface area contributed by atoms with Gasteiger partial charge in [-0.05, 0) is 19.3 Å². The zero-order valence-electron chi connectivity index (χ0n) is 11.3. The number of hydrogen-bond donors (Lipinski definition) is 1. The fourth-order valence-corrected chi connectivity index (χ4v) is 2.63. The van der Waals surface area contributed by atoms with E-state index in [1.54, 1.807) is 0 Å². The van der Waals surface area contributed by atoms with Crippen molar-refractivity contribution in [1.29, 1.82) is 0 Å². The molecule has 0 aromatic rings. The first-order valence-electron chi connectivity index (χ1n) is 6.74. The van der Waals surface area contributed by atoms with Crippen molar-refractivity contribution >= 4 is 0 Å². The maximum Gasteiger partial charge on any atom is 0.0618 e. The smallest absolute Gasteiger partial charge is 0.0618 e. The van der Waals surface area contributed by atoms with Crippen molar-refractivity contribution in [1.82, 2.24) is 10.2 Å². The summed E-state index contributed by atoms with van der Waals surface area (Å²) >= 11 is 0. The molecule has 16 heavy (non-hydrogen) atoms. The van der Waals surface area contributed by atoms with Crippen LogP contribution in [-0.4, -0.2) is 49.8 Å². The number of piperazine rings is 1. The molecule has 3 unspecified atom stereocenters. The fraction of sp³-hybridized carbons (Fsp3) is 1.00. The standard InChI is InChI=1S/C13H28N2O/c1-5-11-9-15(12(6-2)8-14-11)13(7-3)10-16-4/h11-14H,5-10H2,1-4H3. The van der Waals surface area contributed by atoms with Gasteiger partial charge in [-0.2, -0.15) is 0 Å². The average molecular weight is 228 g/mol. The summed E-state index contributed by atoms with van der Waals surface area (Å²) in [6, 6.07) is 1.93. The molecule has 0 aromatic heterocycles. The van der Waals surface area contributed by atoms with Crippen LogP contribution in [0.25, 0.3) is 0 Å². The molecule has 96 valence electrons. The van der Waals surface area contributed by atoms with Crippen molar-refractivity contribution < 1.29 is 4.74 Å². The minimum absolute atomic E-state index is 0.589. The zero-order chi connectivity index (χ0) is 12.0. The van der Waals surface area contributed by atoms with E-state index in [4.69, 9.17) is 4.74 Å². The van der Waals surface area contributed by atoms with Gasteiger partial charge in [-0.1, -0.05) is 20.8 Å². The Morgan fingerprint density at radius 2 is 2.06 bits per heavy atom. The van der Waals surface area contributed by atoms with Crippen molar-refractivity contribution in [3.63, 3.8) is 0 Å². The van der Waals surface area contributed by atoms with E-state index in [1.807, 2.05) is 7.11 Å². The van der Waals surface area contributed by atoms with Gasteiger partial charge < -0.3 is 10.1 Å². The maximum atomic E-state index is 5.35. The lowest BCUT2D eigenvalue weighted by Crippen LogP contribution is -2.59. The summed E-state index contributed by atoms with van der Waals surface area (Å²) in [6.45, 7) is 9.99. The van der Waals surface area contributed by atoms with Crippen LogP contribution in [0, 0.1) is 0 Å². The molecule has 3 heteroatoms. The predicted molar refractivity (Wildman–Crippen MR) is 68.8 cm³/mol. The van der Waals surface area contributed by atoms with E-state index in [-0.39, 0.29) is 0 Å². The summed E-state index contributed by atoms with van der Waals surface area (Å²) in [5.74, 6) is 0. The molecule has 0 amide bonds. The summed E-state index contributed by atoms with van der Waals surface area (Å²) in [5.41, 5.74) is 0. The number of methoxy groups -OCH3 is 1. The minimum Gasteiger partial charge on any atom is -0.383 e. The van der Waals surface area contributed by atoms with E-state index in [2.05, 4.69) is 31.0 Å². The molecule has 0 bridgehead atoms. The molecule has 0 aliphatic carbocycles. The second-order valence-electron chi connectivity index (χ2n) is 4.79. The molecule has 1 aliphatic rings. The van der Waals surface area contributed by atoms with E-state index in [1.165, 1.54) is 25.8 Å². The lowest BCUT2D eigenvalue weighted by molar-refractivity contribution is 0.0294. The third-order valence-corrected chi connectivity index (χ3v) is 3.81. The highest BCUT2D eigenvalue weighted by molar-refractivity contribution is 4.88. The summed E-state index contributed by atoms with van der Waals surface area (Å²) in [7, 11) is 1.81. The van der Waals surface area contributed by atoms with Crippen LogP contribution in [0.3, 0.4) is 0 Å². The lowest BCUT2D eigenvalue weighted by atomic mass is 10.0. The molecule has 1 N–H and O–H groups in total. The Morgan fingerprint density at radius 3 is 2.56 bits per heavy atom. The molecule has 0 aromatic carbocycles. The van der Waals surface area contributed by atoms with Crippen LogP contribution in [0.15, 0.2) is 0 Å². The van der Waals surface area contributed by atoms with Crippen LogP contribution in [0.5, 0.6) is 0 Å². The summed E-state index contributed by atoms with van der Waals surface area (Å²) in [6.07, 6.45) is 3.63. The van der Waals surface area contributed by atoms with Gasteiger partial charge in [0.1, 0.15) is 0 Å². The van der Waals surface area contributed by atoms with Gasteiger partial charge in [-0.3, -0.25) is 4.90 Å². The van der Waals surface area contributed by atoms with Crippen LogP contribution >= 0.6 is 0 Å². The van der Waals surface area contributed by atoms with Gasteiger partial charge in [-0.25, -0.2) is 0 Å². The first-order valence-corrected chi connectivity index (χ1v) is 6.74. The SMILES string of the molecule is CCC1CN(C(CC)COC)C(CC)CN1. The molecule has 0 radical (unpaired) electrons. The Kier molecular flexibility index (Phi) is 6.32. The van der Waals surface area contributed by atoms with Gasteiger partial charge in [-0.15, -0.1) is 0 Å². The Bertz CT molecular complexity index is 187. The van der Waals surface area contributed by atoms with Crippen molar-refractivity contribution in [2.75, 3.05) is 26.8 Å². The van der Waals surface area contributed by atoms with Crippen LogP contribution in [0.2, 0.25) is 0 Å². The van der Waals surface area contributed by atoms with E-state index in [0.29, 0.717) is 18.1 Å². The highest BCUT2D eigenvalue weighted by Gasteiger charge is 2.30. The Hall–Kier alpha value is -0.120. The monoisotopic (exact) mass is 228 g/mol. The lowest BCUT2D eigenvalue weighted by Gasteiger charge is -2.44. The molecule has 1 heterocycles. The van der Waals surface area contributed by atoms with E-state index < -0.39 is 0 Å².